The molecule has 3 N–H and O–H groups in total. The Morgan fingerprint density at radius 3 is 2.48 bits per heavy atom. The van der Waals surface area contributed by atoms with Gasteiger partial charge in [0.2, 0.25) is 5.91 Å². The lowest BCUT2D eigenvalue weighted by atomic mass is 9.99. The lowest BCUT2D eigenvalue weighted by Gasteiger charge is -2.18. The molecule has 0 spiro atoms. The molecular formula is C19H16ClF3N4O4. The monoisotopic (exact) mass is 456 g/mol. The molecule has 0 aliphatic heterocycles. The lowest BCUT2D eigenvalue weighted by Crippen LogP contribution is -2.18. The summed E-state index contributed by atoms with van der Waals surface area (Å²) >= 11 is 6.20. The van der Waals surface area contributed by atoms with Crippen LogP contribution in [0, 0.1) is 6.92 Å². The number of primary amides is 1. The van der Waals surface area contributed by atoms with Crippen molar-refractivity contribution in [2.75, 3.05) is 0 Å². The van der Waals surface area contributed by atoms with Gasteiger partial charge in [-0.3, -0.25) is 9.36 Å². The molecule has 1 amide bonds. The molecule has 31 heavy (non-hydrogen) atoms. The van der Waals surface area contributed by atoms with Gasteiger partial charge in [-0.15, -0.1) is 13.2 Å². The van der Waals surface area contributed by atoms with Gasteiger partial charge in [0.05, 0.1) is 0 Å². The maximum atomic E-state index is 12.9. The van der Waals surface area contributed by atoms with Gasteiger partial charge in [-0.05, 0) is 42.8 Å². The minimum absolute atomic E-state index is 0.0399. The molecule has 0 aliphatic rings. The van der Waals surface area contributed by atoms with Gasteiger partial charge in [0, 0.05) is 28.8 Å². The van der Waals surface area contributed by atoms with Gasteiger partial charge in [-0.2, -0.15) is 5.10 Å². The quantitative estimate of drug-likeness (QED) is 0.591. The van der Waals surface area contributed by atoms with Gasteiger partial charge in [-0.25, -0.2) is 9.89 Å². The number of aryl methyl sites for hydroxylation is 1. The van der Waals surface area contributed by atoms with E-state index < -0.39 is 23.7 Å². The van der Waals surface area contributed by atoms with Crippen LogP contribution >= 0.6 is 11.6 Å². The first-order chi connectivity index (χ1) is 14.5. The van der Waals surface area contributed by atoms with Crippen LogP contribution in [0.25, 0.3) is 11.1 Å². The second-order valence-electron chi connectivity index (χ2n) is 6.51. The molecule has 0 bridgehead atoms. The largest absolute Gasteiger partial charge is 0.573 e. The maximum Gasteiger partial charge on any atom is 0.573 e. The molecule has 0 radical (unpaired) electrons. The summed E-state index contributed by atoms with van der Waals surface area (Å²) < 4.78 is 49.9. The zero-order valence-corrected chi connectivity index (χ0v) is 17.0. The van der Waals surface area contributed by atoms with Gasteiger partial charge in [0.15, 0.2) is 5.82 Å². The highest BCUT2D eigenvalue weighted by Gasteiger charge is 2.33. The Kier molecular flexibility index (Phi) is 5.98. The number of carbonyl (C=O) groups excluding carboxylic acids is 1. The van der Waals surface area contributed by atoms with Crippen LogP contribution in [0.1, 0.15) is 21.7 Å². The van der Waals surface area contributed by atoms with E-state index in [9.17, 15) is 22.8 Å². The summed E-state index contributed by atoms with van der Waals surface area (Å²) in [5, 5.41) is 6.32. The number of hydrogen-bond donors (Lipinski definition) is 2. The molecule has 2 aromatic carbocycles. The number of aromatic nitrogens is 3. The van der Waals surface area contributed by atoms with Crippen molar-refractivity contribution in [1.82, 2.24) is 14.8 Å². The number of rotatable bonds is 6. The summed E-state index contributed by atoms with van der Waals surface area (Å²) in [6, 6.07) is 6.15. The molecule has 0 atom stereocenters. The number of alkyl halides is 3. The van der Waals surface area contributed by atoms with Crippen molar-refractivity contribution in [2.24, 2.45) is 12.8 Å². The van der Waals surface area contributed by atoms with Crippen LogP contribution in [0.4, 0.5) is 13.2 Å². The first-order valence-corrected chi connectivity index (χ1v) is 9.07. The van der Waals surface area contributed by atoms with E-state index in [1.165, 1.54) is 23.7 Å². The van der Waals surface area contributed by atoms with Crippen molar-refractivity contribution < 1.29 is 27.4 Å². The molecule has 0 fully saturated rings. The third-order valence-electron chi connectivity index (χ3n) is 4.37. The van der Waals surface area contributed by atoms with Crippen LogP contribution < -0.4 is 20.9 Å². The number of benzene rings is 2. The molecule has 12 heteroatoms. The van der Waals surface area contributed by atoms with Crippen LogP contribution in [0.3, 0.4) is 0 Å². The Balaban J connectivity index is 2.13. The third-order valence-corrected chi connectivity index (χ3v) is 4.78. The van der Waals surface area contributed by atoms with E-state index in [4.69, 9.17) is 22.1 Å². The Hall–Kier alpha value is -3.47. The number of carbonyl (C=O) groups is 1. The summed E-state index contributed by atoms with van der Waals surface area (Å²) in [7, 11) is 1.48. The Morgan fingerprint density at radius 1 is 1.23 bits per heavy atom. The molecular weight excluding hydrogens is 441 g/mol. The van der Waals surface area contributed by atoms with Crippen molar-refractivity contribution >= 4 is 17.5 Å². The predicted octanol–water partition coefficient (Wildman–Crippen LogP) is 3.31. The molecule has 0 saturated heterocycles. The summed E-state index contributed by atoms with van der Waals surface area (Å²) in [6.45, 7) is 1.50. The highest BCUT2D eigenvalue weighted by molar-refractivity contribution is 6.31. The van der Waals surface area contributed by atoms with Crippen LogP contribution in [0.15, 0.2) is 35.1 Å². The van der Waals surface area contributed by atoms with Gasteiger partial charge in [0.1, 0.15) is 18.1 Å². The van der Waals surface area contributed by atoms with E-state index in [1.54, 1.807) is 6.92 Å². The number of ether oxygens (including phenoxy) is 2. The van der Waals surface area contributed by atoms with Gasteiger partial charge in [-0.1, -0.05) is 11.6 Å². The lowest BCUT2D eigenvalue weighted by molar-refractivity contribution is -0.274. The standard InChI is InChI=1S/C19H16ClF3N4O4/c1-9-5-15(30-8-16-25-26-18(29)27(16)2)12(7-13(9)20)11-6-10(17(24)28)3-4-14(11)31-19(21,22)23/h3-7H,8H2,1-2H3,(H2,24,28)(H,26,29). The van der Waals surface area contributed by atoms with Gasteiger partial charge < -0.3 is 15.2 Å². The smallest absolute Gasteiger partial charge is 0.485 e. The SMILES string of the molecule is Cc1cc(OCc2n[nH]c(=O)n2C)c(-c2cc(C(N)=O)ccc2OC(F)(F)F)cc1Cl. The third kappa shape index (κ3) is 5.00. The van der Waals surface area contributed by atoms with Crippen molar-refractivity contribution in [1.29, 1.82) is 0 Å². The normalized spacial score (nSPS) is 11.4. The van der Waals surface area contributed by atoms with Crippen molar-refractivity contribution in [2.45, 2.75) is 19.9 Å². The van der Waals surface area contributed by atoms with E-state index >= 15 is 0 Å². The molecule has 1 heterocycles. The first kappa shape index (κ1) is 22.2. The number of nitrogens with two attached hydrogens (primary N) is 1. The topological polar surface area (TPSA) is 112 Å². The molecule has 0 aliphatic carbocycles. The summed E-state index contributed by atoms with van der Waals surface area (Å²) in [5.74, 6) is -1.03. The Morgan fingerprint density at radius 2 is 1.90 bits per heavy atom. The Bertz CT molecular complexity index is 1200. The average molecular weight is 457 g/mol. The summed E-state index contributed by atoms with van der Waals surface area (Å²) in [6.07, 6.45) is -4.98. The highest BCUT2D eigenvalue weighted by Crippen LogP contribution is 2.41. The summed E-state index contributed by atoms with van der Waals surface area (Å²) in [5.41, 5.74) is 5.38. The fourth-order valence-electron chi connectivity index (χ4n) is 2.74. The second-order valence-corrected chi connectivity index (χ2v) is 6.92. The average Bonchev–Trinajstić information content (AvgIpc) is 2.99. The number of halogens is 4. The van der Waals surface area contributed by atoms with E-state index in [0.717, 1.165) is 18.2 Å². The van der Waals surface area contributed by atoms with Crippen LogP contribution in [0.2, 0.25) is 5.02 Å². The first-order valence-electron chi connectivity index (χ1n) is 8.69. The fourth-order valence-corrected chi connectivity index (χ4v) is 2.91. The van der Waals surface area contributed by atoms with Gasteiger partial charge in [0.25, 0.3) is 0 Å². The molecule has 8 nitrogen and oxygen atoms in total. The van der Waals surface area contributed by atoms with Crippen molar-refractivity contribution in [3.05, 3.63) is 62.8 Å². The minimum atomic E-state index is -4.98. The number of aromatic amines is 1. The molecule has 3 aromatic rings. The van der Waals surface area contributed by atoms with Gasteiger partial charge >= 0.3 is 12.1 Å². The Labute approximate surface area is 178 Å². The molecule has 164 valence electrons. The molecule has 0 unspecified atom stereocenters. The maximum absolute atomic E-state index is 12.9. The number of hydrogen-bond acceptors (Lipinski definition) is 5. The highest BCUT2D eigenvalue weighted by atomic mass is 35.5. The fraction of sp³-hybridized carbons (Fsp3) is 0.211. The van der Waals surface area contributed by atoms with E-state index in [2.05, 4.69) is 14.9 Å². The zero-order chi connectivity index (χ0) is 22.9. The molecule has 3 rings (SSSR count). The number of nitrogens with zero attached hydrogens (tertiary/aromatic N) is 2. The van der Waals surface area contributed by atoms with E-state index in [0.29, 0.717) is 5.56 Å². The molecule has 0 saturated carbocycles. The number of amides is 1. The number of nitrogens with one attached hydrogen (secondary N) is 1. The van der Waals surface area contributed by atoms with Crippen LogP contribution in [-0.2, 0) is 13.7 Å². The van der Waals surface area contributed by atoms with Crippen LogP contribution in [0.5, 0.6) is 11.5 Å². The second kappa shape index (κ2) is 8.34. The predicted molar refractivity (Wildman–Crippen MR) is 105 cm³/mol. The number of H-pyrrole nitrogens is 1. The van der Waals surface area contributed by atoms with Crippen molar-refractivity contribution in [3.8, 4) is 22.6 Å². The minimum Gasteiger partial charge on any atom is -0.485 e. The summed E-state index contributed by atoms with van der Waals surface area (Å²) in [4.78, 5) is 23.1. The van der Waals surface area contributed by atoms with Crippen LogP contribution in [-0.4, -0.2) is 27.0 Å². The van der Waals surface area contributed by atoms with E-state index in [1.807, 2.05) is 0 Å². The van der Waals surface area contributed by atoms with E-state index in [-0.39, 0.29) is 39.9 Å². The van der Waals surface area contributed by atoms with Crippen molar-refractivity contribution in [3.63, 3.8) is 0 Å². The molecule has 1 aromatic heterocycles. The zero-order valence-electron chi connectivity index (χ0n) is 16.2.